The Hall–Kier alpha value is -3.42. The Morgan fingerprint density at radius 2 is 1.94 bits per heavy atom. The molecule has 3 fully saturated rings. The quantitative estimate of drug-likeness (QED) is 0.630. The number of rotatable bonds is 5. The molecule has 3 aliphatic rings. The largest absolute Gasteiger partial charge is 0.475 e. The van der Waals surface area contributed by atoms with Gasteiger partial charge >= 0.3 is 0 Å². The lowest BCUT2D eigenvalue weighted by atomic mass is 9.70. The molecule has 8 heteroatoms. The molecule has 2 saturated heterocycles. The molecule has 0 aromatic carbocycles. The molecule has 6 rings (SSSR count). The second-order valence-electron chi connectivity index (χ2n) is 8.14. The predicted octanol–water partition coefficient (Wildman–Crippen LogP) is 3.45. The first-order valence-electron chi connectivity index (χ1n) is 10.4. The number of piperidine rings is 2. The number of amides is 1. The van der Waals surface area contributed by atoms with Crippen LogP contribution < -0.4 is 4.74 Å². The van der Waals surface area contributed by atoms with E-state index in [1.54, 1.807) is 18.5 Å². The van der Waals surface area contributed by atoms with Gasteiger partial charge in [-0.2, -0.15) is 0 Å². The van der Waals surface area contributed by atoms with Crippen molar-refractivity contribution in [1.82, 2.24) is 24.8 Å². The van der Waals surface area contributed by atoms with E-state index in [1.165, 1.54) is 12.1 Å². The Balaban J connectivity index is 1.43. The zero-order chi connectivity index (χ0) is 21.4. The van der Waals surface area contributed by atoms with Gasteiger partial charge in [0.15, 0.2) is 5.82 Å². The van der Waals surface area contributed by atoms with Crippen LogP contribution in [-0.4, -0.2) is 49.4 Å². The first-order valence-corrected chi connectivity index (χ1v) is 10.4. The van der Waals surface area contributed by atoms with Gasteiger partial charge in [0.25, 0.3) is 5.91 Å². The van der Waals surface area contributed by atoms with Crippen molar-refractivity contribution in [2.75, 3.05) is 6.61 Å². The van der Waals surface area contributed by atoms with Crippen LogP contribution in [0, 0.1) is 18.7 Å². The third-order valence-electron chi connectivity index (χ3n) is 6.01. The number of hydrogen-bond acceptors (Lipinski definition) is 6. The van der Waals surface area contributed by atoms with Gasteiger partial charge in [0, 0.05) is 30.2 Å². The minimum atomic E-state index is -0.413. The Morgan fingerprint density at radius 3 is 2.68 bits per heavy atom. The van der Waals surface area contributed by atoms with Crippen LogP contribution in [0.25, 0.3) is 11.4 Å². The molecule has 1 saturated carbocycles. The number of carbonyl (C=O) groups is 1. The first-order chi connectivity index (χ1) is 15.1. The Morgan fingerprint density at radius 1 is 1.13 bits per heavy atom. The second-order valence-corrected chi connectivity index (χ2v) is 8.14. The molecular formula is C23H22FN5O2. The fourth-order valence-electron chi connectivity index (χ4n) is 4.49. The van der Waals surface area contributed by atoms with E-state index in [1.807, 2.05) is 24.0 Å². The van der Waals surface area contributed by atoms with Crippen LogP contribution in [0.15, 0.2) is 48.9 Å². The van der Waals surface area contributed by atoms with Crippen molar-refractivity contribution in [3.8, 4) is 17.3 Å². The summed E-state index contributed by atoms with van der Waals surface area (Å²) in [4.78, 5) is 32.8. The number of nitrogens with zero attached hydrogens (tertiary/aromatic N) is 5. The van der Waals surface area contributed by atoms with Crippen LogP contribution in [-0.2, 0) is 0 Å². The topological polar surface area (TPSA) is 81.1 Å². The van der Waals surface area contributed by atoms with Gasteiger partial charge in [-0.05, 0) is 56.4 Å². The summed E-state index contributed by atoms with van der Waals surface area (Å²) < 4.78 is 18.9. The summed E-state index contributed by atoms with van der Waals surface area (Å²) in [6, 6.07) is 8.34. The van der Waals surface area contributed by atoms with E-state index < -0.39 is 5.82 Å². The molecule has 3 aromatic rings. The van der Waals surface area contributed by atoms with E-state index in [-0.39, 0.29) is 18.0 Å². The summed E-state index contributed by atoms with van der Waals surface area (Å²) in [7, 11) is 0. The molecular weight excluding hydrogens is 397 g/mol. The maximum absolute atomic E-state index is 13.7. The smallest absolute Gasteiger partial charge is 0.273 e. The lowest BCUT2D eigenvalue weighted by molar-refractivity contribution is -0.0313. The fourth-order valence-corrected chi connectivity index (χ4v) is 4.49. The second kappa shape index (κ2) is 8.02. The van der Waals surface area contributed by atoms with Crippen molar-refractivity contribution in [2.45, 2.75) is 38.3 Å². The normalized spacial score (nSPS) is 22.0. The molecule has 5 heterocycles. The van der Waals surface area contributed by atoms with Gasteiger partial charge in [-0.15, -0.1) is 0 Å². The van der Waals surface area contributed by atoms with Gasteiger partial charge < -0.3 is 9.64 Å². The highest BCUT2D eigenvalue weighted by Gasteiger charge is 2.47. The van der Waals surface area contributed by atoms with Gasteiger partial charge in [-0.3, -0.25) is 4.79 Å². The molecule has 0 radical (unpaired) electrons. The van der Waals surface area contributed by atoms with E-state index in [0.29, 0.717) is 35.5 Å². The number of pyridine rings is 2. The molecule has 1 atom stereocenters. The number of aromatic nitrogens is 4. The van der Waals surface area contributed by atoms with Gasteiger partial charge in [-0.25, -0.2) is 24.3 Å². The molecule has 3 aromatic heterocycles. The standard InChI is InChI=1S/C23H22FN5O2/c1-14-3-5-19(22-25-7-2-8-26-22)21(28-14)23(30)29-17-9-15(10-17)11-18(29)13-31-20-6-4-16(24)12-27-20/h2-8,12,15,17-18H,9-11,13H2,1H3. The monoisotopic (exact) mass is 419 g/mol. The molecule has 1 amide bonds. The summed E-state index contributed by atoms with van der Waals surface area (Å²) in [5.74, 6) is 0.885. The highest BCUT2D eigenvalue weighted by Crippen LogP contribution is 2.43. The summed E-state index contributed by atoms with van der Waals surface area (Å²) in [6.07, 6.45) is 7.30. The zero-order valence-electron chi connectivity index (χ0n) is 17.1. The van der Waals surface area contributed by atoms with E-state index in [0.717, 1.165) is 31.2 Å². The van der Waals surface area contributed by atoms with Crippen molar-refractivity contribution >= 4 is 5.91 Å². The SMILES string of the molecule is Cc1ccc(-c2ncccn2)c(C(=O)N2C(COc3ccc(F)cn3)CC3CC2C3)n1. The Bertz CT molecular complexity index is 1090. The molecule has 0 N–H and O–H groups in total. The first kappa shape index (κ1) is 19.5. The van der Waals surface area contributed by atoms with Crippen LogP contribution in [0.1, 0.15) is 35.4 Å². The number of carbonyl (C=O) groups excluding carboxylic acids is 1. The van der Waals surface area contributed by atoms with Crippen molar-refractivity contribution in [1.29, 1.82) is 0 Å². The van der Waals surface area contributed by atoms with Crippen molar-refractivity contribution in [3.05, 3.63) is 66.1 Å². The number of fused-ring (bicyclic) bond motifs is 2. The fraction of sp³-hybridized carbons (Fsp3) is 0.348. The summed E-state index contributed by atoms with van der Waals surface area (Å²) >= 11 is 0. The highest BCUT2D eigenvalue weighted by atomic mass is 19.1. The van der Waals surface area contributed by atoms with Gasteiger partial charge in [0.2, 0.25) is 5.88 Å². The van der Waals surface area contributed by atoms with Crippen molar-refractivity contribution in [2.24, 2.45) is 5.92 Å². The molecule has 1 unspecified atom stereocenters. The number of hydrogen-bond donors (Lipinski definition) is 0. The van der Waals surface area contributed by atoms with E-state index in [2.05, 4.69) is 19.9 Å². The van der Waals surface area contributed by atoms with Gasteiger partial charge in [0.1, 0.15) is 18.1 Å². The molecule has 158 valence electrons. The number of aryl methyl sites for hydroxylation is 1. The maximum Gasteiger partial charge on any atom is 0.273 e. The summed E-state index contributed by atoms with van der Waals surface area (Å²) in [6.45, 7) is 2.17. The summed E-state index contributed by atoms with van der Waals surface area (Å²) in [5.41, 5.74) is 1.74. The van der Waals surface area contributed by atoms with E-state index >= 15 is 0 Å². The average Bonchev–Trinajstić information content (AvgIpc) is 2.78. The molecule has 2 aliphatic heterocycles. The Kier molecular flexibility index (Phi) is 5.05. The average molecular weight is 419 g/mol. The van der Waals surface area contributed by atoms with E-state index in [9.17, 15) is 9.18 Å². The van der Waals surface area contributed by atoms with Gasteiger partial charge in [-0.1, -0.05) is 0 Å². The molecule has 0 spiro atoms. The summed E-state index contributed by atoms with van der Waals surface area (Å²) in [5, 5.41) is 0. The predicted molar refractivity (Wildman–Crippen MR) is 111 cm³/mol. The molecule has 2 bridgehead atoms. The molecule has 1 aliphatic carbocycles. The number of halogens is 1. The number of ether oxygens (including phenoxy) is 1. The highest BCUT2D eigenvalue weighted by molar-refractivity contribution is 5.98. The lowest BCUT2D eigenvalue weighted by Crippen LogP contribution is -2.60. The van der Waals surface area contributed by atoms with Gasteiger partial charge in [0.05, 0.1) is 17.8 Å². The van der Waals surface area contributed by atoms with Crippen molar-refractivity contribution in [3.63, 3.8) is 0 Å². The molecule has 7 nitrogen and oxygen atoms in total. The van der Waals surface area contributed by atoms with Crippen LogP contribution in [0.4, 0.5) is 4.39 Å². The third kappa shape index (κ3) is 3.85. The molecule has 31 heavy (non-hydrogen) atoms. The maximum atomic E-state index is 13.7. The van der Waals surface area contributed by atoms with Crippen molar-refractivity contribution < 1.29 is 13.9 Å². The zero-order valence-corrected chi connectivity index (χ0v) is 17.1. The minimum Gasteiger partial charge on any atom is -0.475 e. The Labute approximate surface area is 179 Å². The third-order valence-corrected chi connectivity index (χ3v) is 6.01. The van der Waals surface area contributed by atoms with E-state index in [4.69, 9.17) is 4.74 Å². The van der Waals surface area contributed by atoms with Crippen LogP contribution in [0.5, 0.6) is 5.88 Å². The van der Waals surface area contributed by atoms with Crippen LogP contribution >= 0.6 is 0 Å². The van der Waals surface area contributed by atoms with Crippen LogP contribution in [0.2, 0.25) is 0 Å². The lowest BCUT2D eigenvalue weighted by Gasteiger charge is -2.53. The minimum absolute atomic E-state index is 0.0938. The van der Waals surface area contributed by atoms with Crippen LogP contribution in [0.3, 0.4) is 0 Å².